The molecule has 1 N–H and O–H groups in total. The summed E-state index contributed by atoms with van der Waals surface area (Å²) >= 11 is 1.41. The molecule has 0 bridgehead atoms. The highest BCUT2D eigenvalue weighted by molar-refractivity contribution is 7.99. The van der Waals surface area contributed by atoms with E-state index in [0.717, 1.165) is 25.1 Å². The molecule has 2 rings (SSSR count). The van der Waals surface area contributed by atoms with Crippen molar-refractivity contribution in [2.45, 2.75) is 30.7 Å². The lowest BCUT2D eigenvalue weighted by Gasteiger charge is -2.26. The lowest BCUT2D eigenvalue weighted by Crippen LogP contribution is -2.26. The van der Waals surface area contributed by atoms with Crippen LogP contribution < -0.4 is 5.32 Å². The minimum Gasteiger partial charge on any atom is -0.310 e. The van der Waals surface area contributed by atoms with Crippen LogP contribution in [0.2, 0.25) is 0 Å². The van der Waals surface area contributed by atoms with Gasteiger partial charge in [-0.2, -0.15) is 0 Å². The normalized spacial score (nSPS) is 19.6. The van der Waals surface area contributed by atoms with Gasteiger partial charge < -0.3 is 5.32 Å². The van der Waals surface area contributed by atoms with E-state index < -0.39 is 0 Å². The third-order valence-corrected chi connectivity index (χ3v) is 3.88. The van der Waals surface area contributed by atoms with E-state index in [1.54, 1.807) is 0 Å². The second kappa shape index (κ2) is 5.15. The van der Waals surface area contributed by atoms with Gasteiger partial charge in [-0.3, -0.25) is 0 Å². The molecule has 88 valence electrons. The van der Waals surface area contributed by atoms with Crippen molar-refractivity contribution in [3.8, 4) is 0 Å². The predicted molar refractivity (Wildman–Crippen MR) is 62.7 cm³/mol. The summed E-state index contributed by atoms with van der Waals surface area (Å²) in [5.41, 5.74) is 0.518. The molecule has 0 spiro atoms. The first-order valence-corrected chi connectivity index (χ1v) is 6.56. The van der Waals surface area contributed by atoms with Gasteiger partial charge in [-0.15, -0.1) is 11.8 Å². The largest absolute Gasteiger partial charge is 0.310 e. The fraction of sp³-hybridized carbons (Fsp3) is 0.500. The summed E-state index contributed by atoms with van der Waals surface area (Å²) in [6.07, 6.45) is 1.86. The van der Waals surface area contributed by atoms with Crippen LogP contribution in [0.3, 0.4) is 0 Å². The maximum atomic E-state index is 13.7. The number of benzene rings is 1. The molecule has 1 aromatic carbocycles. The van der Waals surface area contributed by atoms with Crippen LogP contribution in [0.15, 0.2) is 17.0 Å². The highest BCUT2D eigenvalue weighted by atomic mass is 32.2. The monoisotopic (exact) mass is 243 g/mol. The first kappa shape index (κ1) is 11.9. The van der Waals surface area contributed by atoms with Crippen molar-refractivity contribution in [1.29, 1.82) is 0 Å². The Balaban J connectivity index is 2.33. The van der Waals surface area contributed by atoms with Crippen molar-refractivity contribution >= 4 is 11.8 Å². The van der Waals surface area contributed by atoms with E-state index in [1.165, 1.54) is 23.9 Å². The molecule has 0 aromatic heterocycles. The standard InChI is InChI=1S/C12H15F2NS/c1-2-6-15-10-5-7-16-12-9(14)4-3-8(13)11(10)12/h3-4,10,15H,2,5-7H2,1H3. The second-order valence-electron chi connectivity index (χ2n) is 3.92. The first-order valence-electron chi connectivity index (χ1n) is 5.58. The Bertz CT molecular complexity index is 382. The molecule has 1 atom stereocenters. The van der Waals surface area contributed by atoms with Gasteiger partial charge in [0.2, 0.25) is 0 Å². The molecule has 4 heteroatoms. The van der Waals surface area contributed by atoms with Gasteiger partial charge in [-0.1, -0.05) is 6.92 Å². The number of fused-ring (bicyclic) bond motifs is 1. The van der Waals surface area contributed by atoms with Gasteiger partial charge in [0, 0.05) is 11.6 Å². The fourth-order valence-corrected chi connectivity index (χ4v) is 3.13. The summed E-state index contributed by atoms with van der Waals surface area (Å²) in [6.45, 7) is 2.90. The van der Waals surface area contributed by atoms with Crippen molar-refractivity contribution in [3.05, 3.63) is 29.3 Å². The van der Waals surface area contributed by atoms with Crippen LogP contribution in [-0.2, 0) is 0 Å². The summed E-state index contributed by atoms with van der Waals surface area (Å²) in [5, 5.41) is 3.28. The number of halogens is 2. The fourth-order valence-electron chi connectivity index (χ4n) is 1.97. The van der Waals surface area contributed by atoms with Gasteiger partial charge >= 0.3 is 0 Å². The molecular weight excluding hydrogens is 228 g/mol. The van der Waals surface area contributed by atoms with E-state index in [0.29, 0.717) is 10.5 Å². The van der Waals surface area contributed by atoms with Crippen molar-refractivity contribution in [2.24, 2.45) is 0 Å². The Hall–Kier alpha value is -0.610. The predicted octanol–water partition coefficient (Wildman–Crippen LogP) is 3.50. The molecule has 0 amide bonds. The number of hydrogen-bond acceptors (Lipinski definition) is 2. The zero-order valence-corrected chi connectivity index (χ0v) is 10.0. The van der Waals surface area contributed by atoms with E-state index in [-0.39, 0.29) is 17.7 Å². The van der Waals surface area contributed by atoms with Gasteiger partial charge in [-0.25, -0.2) is 8.78 Å². The average Bonchev–Trinajstić information content (AvgIpc) is 2.31. The van der Waals surface area contributed by atoms with E-state index >= 15 is 0 Å². The molecule has 1 aliphatic heterocycles. The van der Waals surface area contributed by atoms with Gasteiger partial charge in [0.05, 0.1) is 4.90 Å². The molecule has 1 nitrogen and oxygen atoms in total. The quantitative estimate of drug-likeness (QED) is 0.872. The van der Waals surface area contributed by atoms with E-state index in [1.807, 2.05) is 0 Å². The Kier molecular flexibility index (Phi) is 3.82. The van der Waals surface area contributed by atoms with Crippen molar-refractivity contribution in [2.75, 3.05) is 12.3 Å². The van der Waals surface area contributed by atoms with Crippen LogP contribution >= 0.6 is 11.8 Å². The zero-order valence-electron chi connectivity index (χ0n) is 9.22. The molecule has 16 heavy (non-hydrogen) atoms. The third-order valence-electron chi connectivity index (χ3n) is 2.74. The van der Waals surface area contributed by atoms with Crippen LogP contribution in [0.4, 0.5) is 8.78 Å². The first-order chi connectivity index (χ1) is 7.74. The maximum Gasteiger partial charge on any atom is 0.137 e. The van der Waals surface area contributed by atoms with Crippen LogP contribution in [0.5, 0.6) is 0 Å². The summed E-state index contributed by atoms with van der Waals surface area (Å²) < 4.78 is 27.2. The molecule has 0 fully saturated rings. The van der Waals surface area contributed by atoms with Crippen LogP contribution in [-0.4, -0.2) is 12.3 Å². The smallest absolute Gasteiger partial charge is 0.137 e. The Morgan fingerprint density at radius 1 is 1.38 bits per heavy atom. The second-order valence-corrected chi connectivity index (χ2v) is 5.02. The molecule has 0 saturated heterocycles. The van der Waals surface area contributed by atoms with E-state index in [4.69, 9.17) is 0 Å². The highest BCUT2D eigenvalue weighted by Gasteiger charge is 2.26. The van der Waals surface area contributed by atoms with E-state index in [2.05, 4.69) is 12.2 Å². The molecule has 0 saturated carbocycles. The summed E-state index contributed by atoms with van der Waals surface area (Å²) in [4.78, 5) is 0.486. The Morgan fingerprint density at radius 3 is 2.88 bits per heavy atom. The van der Waals surface area contributed by atoms with Crippen LogP contribution in [0, 0.1) is 11.6 Å². The van der Waals surface area contributed by atoms with Gasteiger partial charge in [0.15, 0.2) is 0 Å². The average molecular weight is 243 g/mol. The number of nitrogens with one attached hydrogen (secondary N) is 1. The Labute approximate surface area is 98.6 Å². The minimum atomic E-state index is -0.301. The van der Waals surface area contributed by atoms with Gasteiger partial charge in [0.1, 0.15) is 11.6 Å². The SMILES string of the molecule is CCCNC1CCSc2c(F)ccc(F)c21. The van der Waals surface area contributed by atoms with Crippen LogP contribution in [0.1, 0.15) is 31.4 Å². The number of hydrogen-bond donors (Lipinski definition) is 1. The molecular formula is C12H15F2NS. The van der Waals surface area contributed by atoms with Crippen molar-refractivity contribution < 1.29 is 8.78 Å². The highest BCUT2D eigenvalue weighted by Crippen LogP contribution is 2.39. The molecule has 1 aliphatic rings. The topological polar surface area (TPSA) is 12.0 Å². The lowest BCUT2D eigenvalue weighted by molar-refractivity contribution is 0.464. The lowest BCUT2D eigenvalue weighted by atomic mass is 10.0. The third kappa shape index (κ3) is 2.23. The minimum absolute atomic E-state index is 0.0353. The van der Waals surface area contributed by atoms with Gasteiger partial charge in [-0.05, 0) is 37.3 Å². The molecule has 1 aromatic rings. The van der Waals surface area contributed by atoms with Crippen molar-refractivity contribution in [1.82, 2.24) is 5.32 Å². The summed E-state index contributed by atoms with van der Waals surface area (Å²) in [6, 6.07) is 2.40. The number of rotatable bonds is 3. The van der Waals surface area contributed by atoms with Crippen molar-refractivity contribution in [3.63, 3.8) is 0 Å². The summed E-state index contributed by atoms with van der Waals surface area (Å²) in [5.74, 6) is 0.246. The molecule has 1 unspecified atom stereocenters. The Morgan fingerprint density at radius 2 is 2.12 bits per heavy atom. The zero-order chi connectivity index (χ0) is 11.5. The van der Waals surface area contributed by atoms with E-state index in [9.17, 15) is 8.78 Å². The van der Waals surface area contributed by atoms with Gasteiger partial charge in [0.25, 0.3) is 0 Å². The number of thioether (sulfide) groups is 1. The molecule has 1 heterocycles. The maximum absolute atomic E-state index is 13.7. The molecule has 0 aliphatic carbocycles. The van der Waals surface area contributed by atoms with Crippen LogP contribution in [0.25, 0.3) is 0 Å². The molecule has 0 radical (unpaired) electrons. The summed E-state index contributed by atoms with van der Waals surface area (Å²) in [7, 11) is 0.